The number of ether oxygens (including phenoxy) is 1. The molecular weight excluding hydrogens is 278 g/mol. The summed E-state index contributed by atoms with van der Waals surface area (Å²) in [4.78, 5) is 15.3. The van der Waals surface area contributed by atoms with Crippen molar-refractivity contribution in [2.24, 2.45) is 5.73 Å². The van der Waals surface area contributed by atoms with Gasteiger partial charge in [0.05, 0.1) is 5.69 Å². The molecule has 6 heteroatoms. The van der Waals surface area contributed by atoms with Crippen LogP contribution in [0, 0.1) is 0 Å². The van der Waals surface area contributed by atoms with E-state index in [4.69, 9.17) is 22.1 Å². The molecule has 2 N–H and O–H groups in total. The number of carbonyl (C=O) groups excluding carboxylic acids is 1. The lowest BCUT2D eigenvalue weighted by Crippen LogP contribution is -2.16. The largest absolute Gasteiger partial charge is 0.410 e. The lowest BCUT2D eigenvalue weighted by Gasteiger charge is -2.01. The number of pyridine rings is 1. The number of primary amides is 1. The molecule has 0 aliphatic heterocycles. The Morgan fingerprint density at radius 3 is 2.90 bits per heavy atom. The lowest BCUT2D eigenvalue weighted by atomic mass is 10.2. The molecular formula is C14H10ClN3O2. The van der Waals surface area contributed by atoms with Gasteiger partial charge in [0, 0.05) is 23.0 Å². The normalized spacial score (nSPS) is 10.7. The van der Waals surface area contributed by atoms with Crippen molar-refractivity contribution in [3.8, 4) is 17.0 Å². The van der Waals surface area contributed by atoms with Crippen LogP contribution in [-0.2, 0) is 0 Å². The number of amides is 1. The number of imidazole rings is 1. The number of aromatic nitrogens is 2. The zero-order chi connectivity index (χ0) is 14.1. The highest BCUT2D eigenvalue weighted by Gasteiger charge is 2.10. The first-order chi connectivity index (χ1) is 9.63. The fraction of sp³-hybridized carbons (Fsp3) is 0. The van der Waals surface area contributed by atoms with Crippen molar-refractivity contribution < 1.29 is 9.53 Å². The molecule has 0 fully saturated rings. The predicted molar refractivity (Wildman–Crippen MR) is 75.8 cm³/mol. The van der Waals surface area contributed by atoms with Crippen LogP contribution in [0.4, 0.5) is 4.79 Å². The van der Waals surface area contributed by atoms with Crippen molar-refractivity contribution in [3.63, 3.8) is 0 Å². The number of hydrogen-bond donors (Lipinski definition) is 1. The molecule has 2 heterocycles. The first-order valence-corrected chi connectivity index (χ1v) is 6.22. The number of benzene rings is 1. The van der Waals surface area contributed by atoms with Gasteiger partial charge in [-0.2, -0.15) is 0 Å². The predicted octanol–water partition coefficient (Wildman–Crippen LogP) is 3.11. The molecule has 0 aliphatic rings. The van der Waals surface area contributed by atoms with Crippen LogP contribution < -0.4 is 10.5 Å². The molecule has 0 atom stereocenters. The Morgan fingerprint density at radius 2 is 2.15 bits per heavy atom. The SMILES string of the molecule is NC(=O)Oc1cccn2cc(-c3cccc(Cl)c3)nc12. The third-order valence-electron chi connectivity index (χ3n) is 2.78. The number of fused-ring (bicyclic) bond motifs is 1. The molecule has 3 rings (SSSR count). The van der Waals surface area contributed by atoms with Gasteiger partial charge >= 0.3 is 6.09 Å². The van der Waals surface area contributed by atoms with E-state index in [-0.39, 0.29) is 0 Å². The fourth-order valence-electron chi connectivity index (χ4n) is 1.96. The average molecular weight is 288 g/mol. The molecule has 0 saturated carbocycles. The van der Waals surface area contributed by atoms with Crippen LogP contribution in [0.1, 0.15) is 0 Å². The highest BCUT2D eigenvalue weighted by Crippen LogP contribution is 2.26. The molecule has 0 bridgehead atoms. The first-order valence-electron chi connectivity index (χ1n) is 5.84. The van der Waals surface area contributed by atoms with Gasteiger partial charge in [0.1, 0.15) is 0 Å². The zero-order valence-electron chi connectivity index (χ0n) is 10.3. The number of halogens is 1. The van der Waals surface area contributed by atoms with E-state index in [0.717, 1.165) is 11.3 Å². The van der Waals surface area contributed by atoms with Crippen LogP contribution in [0.15, 0.2) is 48.8 Å². The molecule has 5 nitrogen and oxygen atoms in total. The second kappa shape index (κ2) is 4.86. The lowest BCUT2D eigenvalue weighted by molar-refractivity contribution is 0.211. The maximum Gasteiger partial charge on any atom is 0.410 e. The van der Waals surface area contributed by atoms with Gasteiger partial charge in [-0.15, -0.1) is 0 Å². The molecule has 0 radical (unpaired) electrons. The number of nitrogens with zero attached hydrogens (tertiary/aromatic N) is 2. The summed E-state index contributed by atoms with van der Waals surface area (Å²) in [7, 11) is 0. The maximum absolute atomic E-state index is 10.9. The second-order valence-electron chi connectivity index (χ2n) is 4.16. The molecule has 0 spiro atoms. The molecule has 3 aromatic rings. The van der Waals surface area contributed by atoms with E-state index in [1.165, 1.54) is 0 Å². The van der Waals surface area contributed by atoms with E-state index >= 15 is 0 Å². The van der Waals surface area contributed by atoms with Gasteiger partial charge in [0.15, 0.2) is 11.4 Å². The van der Waals surface area contributed by atoms with Gasteiger partial charge in [-0.05, 0) is 24.3 Å². The second-order valence-corrected chi connectivity index (χ2v) is 4.60. The van der Waals surface area contributed by atoms with Crippen molar-refractivity contribution in [3.05, 3.63) is 53.8 Å². The molecule has 0 saturated heterocycles. The molecule has 2 aromatic heterocycles. The summed E-state index contributed by atoms with van der Waals surface area (Å²) >= 11 is 5.97. The van der Waals surface area contributed by atoms with Crippen molar-refractivity contribution in [1.29, 1.82) is 0 Å². The Labute approximate surface area is 119 Å². The fourth-order valence-corrected chi connectivity index (χ4v) is 2.15. The highest BCUT2D eigenvalue weighted by molar-refractivity contribution is 6.30. The summed E-state index contributed by atoms with van der Waals surface area (Å²) in [6.07, 6.45) is 2.77. The van der Waals surface area contributed by atoms with Crippen LogP contribution in [0.2, 0.25) is 5.02 Å². The number of carbonyl (C=O) groups is 1. The summed E-state index contributed by atoms with van der Waals surface area (Å²) in [5, 5.41) is 0.633. The van der Waals surface area contributed by atoms with E-state index in [1.807, 2.05) is 30.6 Å². The monoisotopic (exact) mass is 287 g/mol. The minimum atomic E-state index is -0.870. The van der Waals surface area contributed by atoms with Gasteiger partial charge in [-0.3, -0.25) is 0 Å². The third kappa shape index (κ3) is 2.31. The standard InChI is InChI=1S/C14H10ClN3O2/c15-10-4-1-3-9(7-10)11-8-18-6-2-5-12(13(18)17-11)20-14(16)19/h1-8H,(H2,16,19). The summed E-state index contributed by atoms with van der Waals surface area (Å²) in [6.45, 7) is 0. The van der Waals surface area contributed by atoms with Crippen LogP contribution in [0.5, 0.6) is 5.75 Å². The smallest absolute Gasteiger partial charge is 0.406 e. The Kier molecular flexibility index (Phi) is 3.04. The van der Waals surface area contributed by atoms with Gasteiger partial charge in [0.2, 0.25) is 0 Å². The topological polar surface area (TPSA) is 69.6 Å². The van der Waals surface area contributed by atoms with E-state index in [2.05, 4.69) is 4.98 Å². The van der Waals surface area contributed by atoms with Crippen LogP contribution >= 0.6 is 11.6 Å². The Morgan fingerprint density at radius 1 is 1.30 bits per heavy atom. The number of hydrogen-bond acceptors (Lipinski definition) is 3. The molecule has 20 heavy (non-hydrogen) atoms. The molecule has 1 aromatic carbocycles. The number of rotatable bonds is 2. The van der Waals surface area contributed by atoms with Gasteiger partial charge < -0.3 is 14.9 Å². The van der Waals surface area contributed by atoms with Crippen molar-refractivity contribution in [2.75, 3.05) is 0 Å². The summed E-state index contributed by atoms with van der Waals surface area (Å²) in [6, 6.07) is 10.7. The van der Waals surface area contributed by atoms with Gasteiger partial charge in [-0.25, -0.2) is 9.78 Å². The van der Waals surface area contributed by atoms with Gasteiger partial charge in [-0.1, -0.05) is 23.7 Å². The molecule has 1 amide bonds. The number of nitrogens with two attached hydrogens (primary N) is 1. The Hall–Kier alpha value is -2.53. The third-order valence-corrected chi connectivity index (χ3v) is 3.01. The molecule has 0 aliphatic carbocycles. The Bertz CT molecular complexity index is 798. The van der Waals surface area contributed by atoms with E-state index in [1.54, 1.807) is 22.6 Å². The van der Waals surface area contributed by atoms with Crippen molar-refractivity contribution in [1.82, 2.24) is 9.38 Å². The van der Waals surface area contributed by atoms with Gasteiger partial charge in [0.25, 0.3) is 0 Å². The van der Waals surface area contributed by atoms with Crippen molar-refractivity contribution in [2.45, 2.75) is 0 Å². The summed E-state index contributed by atoms with van der Waals surface area (Å²) in [5.41, 5.74) is 7.16. The van der Waals surface area contributed by atoms with Crippen molar-refractivity contribution >= 4 is 23.3 Å². The molecule has 0 unspecified atom stereocenters. The van der Waals surface area contributed by atoms with E-state index in [9.17, 15) is 4.79 Å². The summed E-state index contributed by atoms with van der Waals surface area (Å²) in [5.74, 6) is 0.313. The van der Waals surface area contributed by atoms with Crippen LogP contribution in [-0.4, -0.2) is 15.5 Å². The van der Waals surface area contributed by atoms with E-state index < -0.39 is 6.09 Å². The van der Waals surface area contributed by atoms with E-state index in [0.29, 0.717) is 16.4 Å². The average Bonchev–Trinajstić information content (AvgIpc) is 2.83. The van der Waals surface area contributed by atoms with Crippen LogP contribution in [0.3, 0.4) is 0 Å². The zero-order valence-corrected chi connectivity index (χ0v) is 11.0. The highest BCUT2D eigenvalue weighted by atomic mass is 35.5. The maximum atomic E-state index is 10.9. The Balaban J connectivity index is 2.13. The minimum absolute atomic E-state index is 0.313. The molecule has 100 valence electrons. The van der Waals surface area contributed by atoms with Crippen LogP contribution in [0.25, 0.3) is 16.9 Å². The summed E-state index contributed by atoms with van der Waals surface area (Å²) < 4.78 is 6.69. The minimum Gasteiger partial charge on any atom is -0.406 e. The first kappa shape index (κ1) is 12.5. The quantitative estimate of drug-likeness (QED) is 0.787.